The fraction of sp³-hybridized carbons (Fsp3) is 0.167. The van der Waals surface area contributed by atoms with Gasteiger partial charge in [-0.1, -0.05) is 6.07 Å². The molecule has 0 saturated carbocycles. The highest BCUT2D eigenvalue weighted by atomic mass is 16.4. The molecule has 0 radical (unpaired) electrons. The first-order valence-corrected chi connectivity index (χ1v) is 4.85. The number of fused-ring (bicyclic) bond motifs is 1. The van der Waals surface area contributed by atoms with Crippen LogP contribution in [0.3, 0.4) is 0 Å². The summed E-state index contributed by atoms with van der Waals surface area (Å²) in [5.41, 5.74) is 2.55. The highest BCUT2D eigenvalue weighted by molar-refractivity contribution is 5.92. The van der Waals surface area contributed by atoms with Crippen molar-refractivity contribution in [2.24, 2.45) is 0 Å². The largest absolute Gasteiger partial charge is 0.478 e. The number of rotatable bonds is 2. The predicted octanol–water partition coefficient (Wildman–Crippen LogP) is 2.62. The van der Waals surface area contributed by atoms with E-state index in [1.165, 1.54) is 0 Å². The molecule has 1 N–H and O–H groups in total. The van der Waals surface area contributed by atoms with Crippen LogP contribution in [0.25, 0.3) is 17.2 Å². The molecule has 0 saturated heterocycles. The maximum absolute atomic E-state index is 10.7. The molecule has 0 atom stereocenters. The number of benzene rings is 1. The molecule has 0 spiro atoms. The number of nitrogens with zero attached hydrogens (tertiary/aromatic N) is 1. The van der Waals surface area contributed by atoms with Gasteiger partial charge in [0.05, 0.1) is 0 Å². The Hall–Kier alpha value is -2.10. The maximum Gasteiger partial charge on any atom is 0.331 e. The standard InChI is InChI=1S/C12H11NO3/c1-7(12(14)15)5-9-3-4-11-10(6-9)13-8(2)16-11/h3-6H,1-2H3,(H,14,15)/b7-5+. The van der Waals surface area contributed by atoms with E-state index < -0.39 is 5.97 Å². The minimum atomic E-state index is -0.920. The molecule has 82 valence electrons. The van der Waals surface area contributed by atoms with Crippen molar-refractivity contribution in [3.05, 3.63) is 35.2 Å². The van der Waals surface area contributed by atoms with Gasteiger partial charge in [-0.2, -0.15) is 0 Å². The molecule has 4 heteroatoms. The molecule has 0 aliphatic heterocycles. The molecule has 0 aliphatic rings. The van der Waals surface area contributed by atoms with E-state index in [0.717, 1.165) is 11.1 Å². The van der Waals surface area contributed by atoms with E-state index in [-0.39, 0.29) is 0 Å². The predicted molar refractivity (Wildman–Crippen MR) is 60.0 cm³/mol. The summed E-state index contributed by atoms with van der Waals surface area (Å²) in [5.74, 6) is -0.317. The first-order valence-electron chi connectivity index (χ1n) is 4.85. The second kappa shape index (κ2) is 3.81. The highest BCUT2D eigenvalue weighted by Crippen LogP contribution is 2.18. The van der Waals surface area contributed by atoms with Gasteiger partial charge in [-0.15, -0.1) is 0 Å². The number of hydrogen-bond acceptors (Lipinski definition) is 3. The van der Waals surface area contributed by atoms with Crippen molar-refractivity contribution in [1.82, 2.24) is 4.98 Å². The number of aryl methyl sites for hydroxylation is 1. The van der Waals surface area contributed by atoms with Crippen LogP contribution in [0, 0.1) is 6.92 Å². The van der Waals surface area contributed by atoms with Crippen LogP contribution < -0.4 is 0 Å². The topological polar surface area (TPSA) is 63.3 Å². The van der Waals surface area contributed by atoms with Crippen LogP contribution in [-0.4, -0.2) is 16.1 Å². The van der Waals surface area contributed by atoms with Crippen molar-refractivity contribution in [2.45, 2.75) is 13.8 Å². The summed E-state index contributed by atoms with van der Waals surface area (Å²) >= 11 is 0. The Bertz CT molecular complexity index is 581. The molecule has 16 heavy (non-hydrogen) atoms. The molecule has 0 fully saturated rings. The summed E-state index contributed by atoms with van der Waals surface area (Å²) in [6.07, 6.45) is 1.60. The molecule has 0 aliphatic carbocycles. The quantitative estimate of drug-likeness (QED) is 0.785. The fourth-order valence-corrected chi connectivity index (χ4v) is 1.46. The van der Waals surface area contributed by atoms with Crippen LogP contribution in [0.15, 0.2) is 28.2 Å². The van der Waals surface area contributed by atoms with Gasteiger partial charge in [0.1, 0.15) is 5.52 Å². The molecule has 0 amide bonds. The lowest BCUT2D eigenvalue weighted by atomic mass is 10.1. The summed E-state index contributed by atoms with van der Waals surface area (Å²) in [4.78, 5) is 14.9. The van der Waals surface area contributed by atoms with E-state index in [4.69, 9.17) is 9.52 Å². The third-order valence-electron chi connectivity index (χ3n) is 2.24. The van der Waals surface area contributed by atoms with Crippen LogP contribution in [0.1, 0.15) is 18.4 Å². The van der Waals surface area contributed by atoms with Gasteiger partial charge in [-0.3, -0.25) is 0 Å². The number of carbonyl (C=O) groups is 1. The normalized spacial score (nSPS) is 12.0. The first kappa shape index (κ1) is 10.4. The van der Waals surface area contributed by atoms with Crippen LogP contribution >= 0.6 is 0 Å². The molecule has 2 aromatic rings. The lowest BCUT2D eigenvalue weighted by molar-refractivity contribution is -0.132. The number of aliphatic carboxylic acids is 1. The van der Waals surface area contributed by atoms with Gasteiger partial charge in [0, 0.05) is 12.5 Å². The van der Waals surface area contributed by atoms with Gasteiger partial charge in [0.25, 0.3) is 0 Å². The summed E-state index contributed by atoms with van der Waals surface area (Å²) in [5, 5.41) is 8.76. The SMILES string of the molecule is C/C(=C\c1ccc2oc(C)nc2c1)C(=O)O. The second-order valence-corrected chi connectivity index (χ2v) is 3.59. The molecule has 1 heterocycles. The first-order chi connectivity index (χ1) is 7.56. The van der Waals surface area contributed by atoms with E-state index in [1.807, 2.05) is 0 Å². The van der Waals surface area contributed by atoms with Gasteiger partial charge in [0.2, 0.25) is 0 Å². The molecule has 0 unspecified atom stereocenters. The van der Waals surface area contributed by atoms with Gasteiger partial charge in [-0.25, -0.2) is 9.78 Å². The number of hydrogen-bond donors (Lipinski definition) is 1. The van der Waals surface area contributed by atoms with E-state index in [9.17, 15) is 4.79 Å². The van der Waals surface area contributed by atoms with Crippen molar-refractivity contribution >= 4 is 23.1 Å². The van der Waals surface area contributed by atoms with Crippen LogP contribution in [0.2, 0.25) is 0 Å². The molecule has 1 aromatic heterocycles. The van der Waals surface area contributed by atoms with Gasteiger partial charge < -0.3 is 9.52 Å². The Balaban J connectivity index is 2.47. The minimum absolute atomic E-state index is 0.291. The number of aromatic nitrogens is 1. The Morgan fingerprint density at radius 1 is 1.50 bits per heavy atom. The number of oxazole rings is 1. The summed E-state index contributed by atoms with van der Waals surface area (Å²) in [6, 6.07) is 5.40. The van der Waals surface area contributed by atoms with Crippen LogP contribution in [0.4, 0.5) is 0 Å². The maximum atomic E-state index is 10.7. The molecular weight excluding hydrogens is 206 g/mol. The number of carboxylic acid groups (broad SMARTS) is 1. The van der Waals surface area contributed by atoms with E-state index in [0.29, 0.717) is 17.0 Å². The molecular formula is C12H11NO3. The zero-order valence-electron chi connectivity index (χ0n) is 9.02. The van der Waals surface area contributed by atoms with E-state index in [2.05, 4.69) is 4.98 Å². The Labute approximate surface area is 92.2 Å². The Kier molecular flexibility index (Phi) is 2.48. The van der Waals surface area contributed by atoms with Crippen molar-refractivity contribution in [2.75, 3.05) is 0 Å². The van der Waals surface area contributed by atoms with E-state index >= 15 is 0 Å². The Morgan fingerprint density at radius 2 is 2.25 bits per heavy atom. The highest BCUT2D eigenvalue weighted by Gasteiger charge is 2.04. The van der Waals surface area contributed by atoms with Crippen LogP contribution in [-0.2, 0) is 4.79 Å². The van der Waals surface area contributed by atoms with Gasteiger partial charge >= 0.3 is 5.97 Å². The second-order valence-electron chi connectivity index (χ2n) is 3.59. The summed E-state index contributed by atoms with van der Waals surface area (Å²) < 4.78 is 5.33. The lowest BCUT2D eigenvalue weighted by Crippen LogP contribution is -1.95. The van der Waals surface area contributed by atoms with Crippen molar-refractivity contribution in [1.29, 1.82) is 0 Å². The average molecular weight is 217 g/mol. The summed E-state index contributed by atoms with van der Waals surface area (Å²) in [7, 11) is 0. The van der Waals surface area contributed by atoms with Gasteiger partial charge in [0.15, 0.2) is 11.5 Å². The lowest BCUT2D eigenvalue weighted by Gasteiger charge is -1.95. The molecule has 0 bridgehead atoms. The molecule has 2 rings (SSSR count). The van der Waals surface area contributed by atoms with E-state index in [1.54, 1.807) is 38.1 Å². The van der Waals surface area contributed by atoms with Gasteiger partial charge in [-0.05, 0) is 30.7 Å². The summed E-state index contributed by atoms with van der Waals surface area (Å²) in [6.45, 7) is 3.33. The Morgan fingerprint density at radius 3 is 2.94 bits per heavy atom. The molecule has 4 nitrogen and oxygen atoms in total. The third-order valence-corrected chi connectivity index (χ3v) is 2.24. The van der Waals surface area contributed by atoms with Crippen molar-refractivity contribution in [3.63, 3.8) is 0 Å². The van der Waals surface area contributed by atoms with Crippen molar-refractivity contribution < 1.29 is 14.3 Å². The minimum Gasteiger partial charge on any atom is -0.478 e. The zero-order valence-corrected chi connectivity index (χ0v) is 9.02. The van der Waals surface area contributed by atoms with Crippen molar-refractivity contribution in [3.8, 4) is 0 Å². The smallest absolute Gasteiger partial charge is 0.331 e. The zero-order chi connectivity index (χ0) is 11.7. The third kappa shape index (κ3) is 1.95. The number of carboxylic acids is 1. The average Bonchev–Trinajstić information content (AvgIpc) is 2.57. The fourth-order valence-electron chi connectivity index (χ4n) is 1.46. The monoisotopic (exact) mass is 217 g/mol. The van der Waals surface area contributed by atoms with Crippen LogP contribution in [0.5, 0.6) is 0 Å². The molecule has 1 aromatic carbocycles.